The zero-order valence-corrected chi connectivity index (χ0v) is 8.64. The van der Waals surface area contributed by atoms with Crippen LogP contribution in [0.5, 0.6) is 0 Å². The van der Waals surface area contributed by atoms with Crippen molar-refractivity contribution >= 4 is 5.97 Å². The van der Waals surface area contributed by atoms with Crippen molar-refractivity contribution in [2.24, 2.45) is 0 Å². The lowest BCUT2D eigenvalue weighted by Gasteiger charge is -2.19. The Kier molecular flexibility index (Phi) is 2.73. The molecule has 15 heavy (non-hydrogen) atoms. The average molecular weight is 210 g/mol. The number of aromatic nitrogens is 1. The molecular weight excluding hydrogens is 196 g/mol. The molecule has 5 heteroatoms. The van der Waals surface area contributed by atoms with E-state index in [0.717, 1.165) is 25.1 Å². The summed E-state index contributed by atoms with van der Waals surface area (Å²) in [4.78, 5) is 17.0. The highest BCUT2D eigenvalue weighted by atomic mass is 16.4. The van der Waals surface area contributed by atoms with E-state index in [9.17, 15) is 4.79 Å². The molecule has 1 fully saturated rings. The number of hydrogen-bond donors (Lipinski definition) is 1. The summed E-state index contributed by atoms with van der Waals surface area (Å²) in [5, 5.41) is 8.98. The van der Waals surface area contributed by atoms with Gasteiger partial charge < -0.3 is 9.52 Å². The zero-order valence-electron chi connectivity index (χ0n) is 8.64. The molecule has 0 aromatic carbocycles. The smallest absolute Gasteiger partial charge is 0.320 e. The highest BCUT2D eigenvalue weighted by molar-refractivity contribution is 5.73. The maximum atomic E-state index is 10.9. The van der Waals surface area contributed by atoms with E-state index in [2.05, 4.69) is 4.98 Å². The quantitative estimate of drug-likeness (QED) is 0.807. The molecule has 0 amide bonds. The third kappa shape index (κ3) is 2.18. The van der Waals surface area contributed by atoms with E-state index >= 15 is 0 Å². The van der Waals surface area contributed by atoms with Crippen LogP contribution in [0.15, 0.2) is 10.7 Å². The molecule has 1 aromatic heterocycles. The molecule has 1 atom stereocenters. The first kappa shape index (κ1) is 10.2. The van der Waals surface area contributed by atoms with E-state index in [1.165, 1.54) is 0 Å². The van der Waals surface area contributed by atoms with Gasteiger partial charge in [-0.25, -0.2) is 4.98 Å². The van der Waals surface area contributed by atoms with Crippen molar-refractivity contribution in [1.82, 2.24) is 9.88 Å². The molecule has 0 saturated carbocycles. The number of carboxylic acids is 1. The minimum atomic E-state index is -0.743. The second-order valence-corrected chi connectivity index (χ2v) is 3.82. The zero-order chi connectivity index (χ0) is 10.8. The third-order valence-electron chi connectivity index (χ3n) is 2.68. The molecule has 0 spiro atoms. The number of hydrogen-bond acceptors (Lipinski definition) is 4. The molecule has 1 aromatic rings. The minimum Gasteiger partial charge on any atom is -0.480 e. The first-order valence-corrected chi connectivity index (χ1v) is 5.04. The van der Waals surface area contributed by atoms with E-state index in [1.807, 2.05) is 4.90 Å². The molecule has 1 unspecified atom stereocenters. The fourth-order valence-corrected chi connectivity index (χ4v) is 1.98. The Labute approximate surface area is 87.7 Å². The van der Waals surface area contributed by atoms with Crippen LogP contribution in [0.4, 0.5) is 0 Å². The predicted molar refractivity (Wildman–Crippen MR) is 52.3 cm³/mol. The van der Waals surface area contributed by atoms with Crippen LogP contribution in [0.2, 0.25) is 0 Å². The summed E-state index contributed by atoms with van der Waals surface area (Å²) in [7, 11) is 0. The first-order chi connectivity index (χ1) is 7.16. The molecule has 1 aliphatic heterocycles. The van der Waals surface area contributed by atoms with Crippen molar-refractivity contribution < 1.29 is 14.3 Å². The molecule has 5 nitrogen and oxygen atoms in total. The lowest BCUT2D eigenvalue weighted by atomic mass is 10.2. The van der Waals surface area contributed by atoms with Gasteiger partial charge in [0.25, 0.3) is 0 Å². The van der Waals surface area contributed by atoms with Crippen LogP contribution in [0.3, 0.4) is 0 Å². The average Bonchev–Trinajstić information content (AvgIpc) is 2.75. The maximum absolute atomic E-state index is 10.9. The van der Waals surface area contributed by atoms with Crippen molar-refractivity contribution in [2.45, 2.75) is 32.4 Å². The molecule has 1 aliphatic rings. The molecule has 82 valence electrons. The maximum Gasteiger partial charge on any atom is 0.320 e. The topological polar surface area (TPSA) is 66.6 Å². The van der Waals surface area contributed by atoms with Crippen molar-refractivity contribution in [3.8, 4) is 0 Å². The number of rotatable bonds is 3. The van der Waals surface area contributed by atoms with E-state index in [4.69, 9.17) is 9.52 Å². The normalized spacial score (nSPS) is 22.1. The number of aliphatic carboxylic acids is 1. The summed E-state index contributed by atoms with van der Waals surface area (Å²) in [5.41, 5.74) is 0.806. The Morgan fingerprint density at radius 1 is 1.80 bits per heavy atom. The summed E-state index contributed by atoms with van der Waals surface area (Å²) >= 11 is 0. The Morgan fingerprint density at radius 2 is 2.60 bits per heavy atom. The molecule has 0 bridgehead atoms. The molecule has 2 heterocycles. The fourth-order valence-electron chi connectivity index (χ4n) is 1.98. The lowest BCUT2D eigenvalue weighted by molar-refractivity contribution is -0.142. The first-order valence-electron chi connectivity index (χ1n) is 5.04. The number of nitrogens with zero attached hydrogens (tertiary/aromatic N) is 2. The van der Waals surface area contributed by atoms with E-state index < -0.39 is 5.97 Å². The van der Waals surface area contributed by atoms with Crippen LogP contribution in [-0.2, 0) is 11.3 Å². The number of carbonyl (C=O) groups is 1. The van der Waals surface area contributed by atoms with Gasteiger partial charge in [-0.1, -0.05) is 0 Å². The Bertz CT molecular complexity index is 361. The van der Waals surface area contributed by atoms with Crippen LogP contribution in [0, 0.1) is 6.92 Å². The standard InChI is InChI=1S/C10H14N2O3/c1-7-11-8(6-15-7)5-12-4-2-3-9(12)10(13)14/h6,9H,2-5H2,1H3,(H,13,14). The van der Waals surface area contributed by atoms with Crippen molar-refractivity contribution in [2.75, 3.05) is 6.54 Å². The molecule has 2 rings (SSSR count). The SMILES string of the molecule is Cc1nc(CN2CCCC2C(=O)O)co1. The second kappa shape index (κ2) is 4.02. The lowest BCUT2D eigenvalue weighted by Crippen LogP contribution is -2.35. The van der Waals surface area contributed by atoms with Crippen LogP contribution < -0.4 is 0 Å². The van der Waals surface area contributed by atoms with Crippen LogP contribution >= 0.6 is 0 Å². The number of oxazole rings is 1. The van der Waals surface area contributed by atoms with E-state index in [-0.39, 0.29) is 6.04 Å². The minimum absolute atomic E-state index is 0.359. The van der Waals surface area contributed by atoms with Gasteiger partial charge in [-0.05, 0) is 19.4 Å². The fraction of sp³-hybridized carbons (Fsp3) is 0.600. The van der Waals surface area contributed by atoms with E-state index in [0.29, 0.717) is 12.4 Å². The number of likely N-dealkylation sites (tertiary alicyclic amines) is 1. The monoisotopic (exact) mass is 210 g/mol. The molecular formula is C10H14N2O3. The van der Waals surface area contributed by atoms with Crippen molar-refractivity contribution in [1.29, 1.82) is 0 Å². The molecule has 1 saturated heterocycles. The Morgan fingerprint density at radius 3 is 3.20 bits per heavy atom. The Balaban J connectivity index is 2.02. The number of aryl methyl sites for hydroxylation is 1. The summed E-state index contributed by atoms with van der Waals surface area (Å²) in [5.74, 6) is -0.121. The molecule has 0 radical (unpaired) electrons. The van der Waals surface area contributed by atoms with Gasteiger partial charge in [0, 0.05) is 13.5 Å². The van der Waals surface area contributed by atoms with Crippen LogP contribution in [0.1, 0.15) is 24.4 Å². The largest absolute Gasteiger partial charge is 0.480 e. The Hall–Kier alpha value is -1.36. The predicted octanol–water partition coefficient (Wildman–Crippen LogP) is 1.03. The molecule has 1 N–H and O–H groups in total. The van der Waals surface area contributed by atoms with Gasteiger partial charge >= 0.3 is 5.97 Å². The number of carboxylic acid groups (broad SMARTS) is 1. The van der Waals surface area contributed by atoms with Gasteiger partial charge in [0.15, 0.2) is 5.89 Å². The summed E-state index contributed by atoms with van der Waals surface area (Å²) < 4.78 is 5.09. The van der Waals surface area contributed by atoms with Gasteiger partial charge in [0.05, 0.1) is 5.69 Å². The second-order valence-electron chi connectivity index (χ2n) is 3.82. The van der Waals surface area contributed by atoms with Crippen LogP contribution in [-0.4, -0.2) is 33.5 Å². The van der Waals surface area contributed by atoms with Gasteiger partial charge in [0.1, 0.15) is 12.3 Å². The molecule has 0 aliphatic carbocycles. The van der Waals surface area contributed by atoms with Crippen molar-refractivity contribution in [3.63, 3.8) is 0 Å². The summed E-state index contributed by atoms with van der Waals surface area (Å²) in [6.07, 6.45) is 3.26. The summed E-state index contributed by atoms with van der Waals surface area (Å²) in [6, 6.07) is -0.359. The third-order valence-corrected chi connectivity index (χ3v) is 2.68. The van der Waals surface area contributed by atoms with Crippen molar-refractivity contribution in [3.05, 3.63) is 17.8 Å². The summed E-state index contributed by atoms with van der Waals surface area (Å²) in [6.45, 7) is 3.17. The van der Waals surface area contributed by atoms with Crippen LogP contribution in [0.25, 0.3) is 0 Å². The van der Waals surface area contributed by atoms with Gasteiger partial charge in [-0.2, -0.15) is 0 Å². The van der Waals surface area contributed by atoms with Gasteiger partial charge in [0.2, 0.25) is 0 Å². The van der Waals surface area contributed by atoms with Gasteiger partial charge in [-0.15, -0.1) is 0 Å². The van der Waals surface area contributed by atoms with Gasteiger partial charge in [-0.3, -0.25) is 9.69 Å². The highest BCUT2D eigenvalue weighted by Gasteiger charge is 2.30. The van der Waals surface area contributed by atoms with E-state index in [1.54, 1.807) is 13.2 Å². The highest BCUT2D eigenvalue weighted by Crippen LogP contribution is 2.19.